The second kappa shape index (κ2) is 7.71. The SMILES string of the molecule is CC1=C(C(=O)OC(C)(C)C)[C@@]2(C(=O)Nc3ccc(Br)cc32)C(C(=O)OC(C)C)=C(N)O1. The summed E-state index contributed by atoms with van der Waals surface area (Å²) in [5, 5.41) is 2.76. The molecule has 1 aromatic rings. The highest BCUT2D eigenvalue weighted by Gasteiger charge is 2.62. The maximum absolute atomic E-state index is 13.6. The number of anilines is 1. The number of benzene rings is 1. The lowest BCUT2D eigenvalue weighted by atomic mass is 9.67. The maximum Gasteiger partial charge on any atom is 0.341 e. The Bertz CT molecular complexity index is 1050. The molecular weight excluding hydrogens is 468 g/mol. The number of ether oxygens (including phenoxy) is 3. The zero-order valence-corrected chi connectivity index (χ0v) is 19.8. The van der Waals surface area contributed by atoms with Gasteiger partial charge in [0.25, 0.3) is 0 Å². The molecule has 0 saturated carbocycles. The molecule has 0 fully saturated rings. The van der Waals surface area contributed by atoms with Gasteiger partial charge in [0, 0.05) is 15.7 Å². The molecule has 31 heavy (non-hydrogen) atoms. The van der Waals surface area contributed by atoms with E-state index in [9.17, 15) is 14.4 Å². The van der Waals surface area contributed by atoms with Gasteiger partial charge < -0.3 is 25.3 Å². The van der Waals surface area contributed by atoms with Crippen LogP contribution in [-0.2, 0) is 34.0 Å². The molecular formula is C22H25BrN2O6. The Labute approximate surface area is 188 Å². The van der Waals surface area contributed by atoms with Crippen LogP contribution >= 0.6 is 15.9 Å². The van der Waals surface area contributed by atoms with E-state index in [4.69, 9.17) is 19.9 Å². The van der Waals surface area contributed by atoms with E-state index in [-0.39, 0.29) is 22.8 Å². The standard InChI is InChI=1S/C22H25BrN2O6/c1-10(2)29-18(26)16-17(24)30-11(3)15(19(27)31-21(4,5)6)22(16)13-9-12(23)7-8-14(13)25-20(22)28/h7-10H,24H2,1-6H3,(H,25,28)/t22-/m1/s1. The number of carbonyl (C=O) groups is 3. The van der Waals surface area contributed by atoms with Crippen LogP contribution in [0.4, 0.5) is 5.69 Å². The lowest BCUT2D eigenvalue weighted by Crippen LogP contribution is -2.49. The third kappa shape index (κ3) is 3.82. The summed E-state index contributed by atoms with van der Waals surface area (Å²) in [6.07, 6.45) is -0.492. The van der Waals surface area contributed by atoms with Gasteiger partial charge in [-0.15, -0.1) is 0 Å². The van der Waals surface area contributed by atoms with Crippen LogP contribution in [0.1, 0.15) is 47.1 Å². The van der Waals surface area contributed by atoms with Gasteiger partial charge >= 0.3 is 11.9 Å². The summed E-state index contributed by atoms with van der Waals surface area (Å²) in [7, 11) is 0. The number of nitrogens with one attached hydrogen (secondary N) is 1. The Morgan fingerprint density at radius 1 is 1.19 bits per heavy atom. The topological polar surface area (TPSA) is 117 Å². The molecule has 0 bridgehead atoms. The van der Waals surface area contributed by atoms with Gasteiger partial charge in [-0.25, -0.2) is 9.59 Å². The summed E-state index contributed by atoms with van der Waals surface area (Å²) < 4.78 is 17.2. The van der Waals surface area contributed by atoms with Crippen LogP contribution < -0.4 is 11.1 Å². The number of hydrogen-bond acceptors (Lipinski definition) is 7. The van der Waals surface area contributed by atoms with Crippen molar-refractivity contribution in [1.29, 1.82) is 0 Å². The van der Waals surface area contributed by atoms with E-state index in [0.717, 1.165) is 0 Å². The number of fused-ring (bicyclic) bond motifs is 2. The van der Waals surface area contributed by atoms with Crippen molar-refractivity contribution < 1.29 is 28.6 Å². The van der Waals surface area contributed by atoms with Crippen molar-refractivity contribution in [2.75, 3.05) is 5.32 Å². The quantitative estimate of drug-likeness (QED) is 0.620. The minimum atomic E-state index is -1.89. The molecule has 0 saturated heterocycles. The van der Waals surface area contributed by atoms with E-state index in [2.05, 4.69) is 21.2 Å². The number of halogens is 1. The number of carbonyl (C=O) groups excluding carboxylic acids is 3. The average Bonchev–Trinajstić information content (AvgIpc) is 2.84. The van der Waals surface area contributed by atoms with Crippen molar-refractivity contribution >= 4 is 39.5 Å². The van der Waals surface area contributed by atoms with E-state index in [1.807, 2.05) is 0 Å². The van der Waals surface area contributed by atoms with Gasteiger partial charge in [-0.3, -0.25) is 4.79 Å². The Morgan fingerprint density at radius 3 is 2.42 bits per heavy atom. The molecule has 1 aromatic carbocycles. The molecule has 0 radical (unpaired) electrons. The van der Waals surface area contributed by atoms with E-state index in [1.165, 1.54) is 6.92 Å². The molecule has 8 nitrogen and oxygen atoms in total. The molecule has 1 atom stereocenters. The summed E-state index contributed by atoms with van der Waals surface area (Å²) in [5.74, 6) is -2.52. The largest absolute Gasteiger partial charge is 0.459 e. The van der Waals surface area contributed by atoms with Gasteiger partial charge in [0.1, 0.15) is 27.9 Å². The molecule has 3 rings (SSSR count). The smallest absolute Gasteiger partial charge is 0.341 e. The first kappa shape index (κ1) is 22.9. The molecule has 0 unspecified atom stereocenters. The summed E-state index contributed by atoms with van der Waals surface area (Å²) in [6.45, 7) is 9.94. The summed E-state index contributed by atoms with van der Waals surface area (Å²) in [6, 6.07) is 5.07. The number of rotatable bonds is 3. The van der Waals surface area contributed by atoms with Crippen molar-refractivity contribution in [1.82, 2.24) is 0 Å². The number of esters is 2. The normalized spacial score (nSPS) is 20.6. The Balaban J connectivity index is 2.37. The van der Waals surface area contributed by atoms with Crippen LogP contribution in [0.5, 0.6) is 0 Å². The van der Waals surface area contributed by atoms with Crippen LogP contribution in [0.15, 0.2) is 45.5 Å². The molecule has 1 spiro atoms. The van der Waals surface area contributed by atoms with Gasteiger partial charge in [-0.05, 0) is 59.7 Å². The molecule has 9 heteroatoms. The highest BCUT2D eigenvalue weighted by atomic mass is 79.9. The molecule has 2 aliphatic heterocycles. The Morgan fingerprint density at radius 2 is 1.84 bits per heavy atom. The fourth-order valence-corrected chi connectivity index (χ4v) is 4.13. The number of amides is 1. The fourth-order valence-electron chi connectivity index (χ4n) is 3.76. The van der Waals surface area contributed by atoms with Crippen molar-refractivity contribution in [2.24, 2.45) is 5.73 Å². The highest BCUT2D eigenvalue weighted by Crippen LogP contribution is 2.53. The third-order valence-electron chi connectivity index (χ3n) is 4.74. The number of hydrogen-bond donors (Lipinski definition) is 2. The second-order valence-corrected chi connectivity index (χ2v) is 9.54. The maximum atomic E-state index is 13.6. The Hall–Kier alpha value is -2.81. The summed E-state index contributed by atoms with van der Waals surface area (Å²) >= 11 is 3.40. The molecule has 1 amide bonds. The van der Waals surface area contributed by atoms with Crippen molar-refractivity contribution in [3.63, 3.8) is 0 Å². The second-order valence-electron chi connectivity index (χ2n) is 8.62. The molecule has 0 aliphatic carbocycles. The minimum Gasteiger partial charge on any atom is -0.459 e. The van der Waals surface area contributed by atoms with Crippen LogP contribution in [0, 0.1) is 0 Å². The zero-order valence-electron chi connectivity index (χ0n) is 18.2. The molecule has 3 N–H and O–H groups in total. The highest BCUT2D eigenvalue weighted by molar-refractivity contribution is 9.10. The van der Waals surface area contributed by atoms with Gasteiger partial charge in [0.05, 0.1) is 6.10 Å². The first-order valence-electron chi connectivity index (χ1n) is 9.74. The number of nitrogens with two attached hydrogens (primary N) is 1. The predicted octanol–water partition coefficient (Wildman–Crippen LogP) is 3.41. The average molecular weight is 493 g/mol. The molecule has 2 heterocycles. The van der Waals surface area contributed by atoms with Crippen molar-refractivity contribution in [2.45, 2.75) is 58.7 Å². The lowest BCUT2D eigenvalue weighted by molar-refractivity contribution is -0.152. The van der Waals surface area contributed by atoms with E-state index in [0.29, 0.717) is 15.7 Å². The van der Waals surface area contributed by atoms with Gasteiger partial charge in [0.15, 0.2) is 0 Å². The number of allylic oxidation sites excluding steroid dienone is 1. The van der Waals surface area contributed by atoms with Gasteiger partial charge in [-0.1, -0.05) is 15.9 Å². The lowest BCUT2D eigenvalue weighted by Gasteiger charge is -2.36. The van der Waals surface area contributed by atoms with Crippen LogP contribution in [-0.4, -0.2) is 29.6 Å². The van der Waals surface area contributed by atoms with Gasteiger partial charge in [0.2, 0.25) is 11.8 Å². The van der Waals surface area contributed by atoms with Gasteiger partial charge in [-0.2, -0.15) is 0 Å². The van der Waals surface area contributed by atoms with Crippen molar-refractivity contribution in [3.05, 3.63) is 51.0 Å². The van der Waals surface area contributed by atoms with Crippen LogP contribution in [0.25, 0.3) is 0 Å². The predicted molar refractivity (Wildman–Crippen MR) is 117 cm³/mol. The first-order chi connectivity index (χ1) is 14.3. The van der Waals surface area contributed by atoms with E-state index < -0.39 is 35.0 Å². The third-order valence-corrected chi connectivity index (χ3v) is 5.23. The first-order valence-corrected chi connectivity index (χ1v) is 10.5. The zero-order chi connectivity index (χ0) is 23.3. The van der Waals surface area contributed by atoms with Crippen molar-refractivity contribution in [3.8, 4) is 0 Å². The van der Waals surface area contributed by atoms with E-state index in [1.54, 1.807) is 52.8 Å². The molecule has 166 valence electrons. The van der Waals surface area contributed by atoms with E-state index >= 15 is 0 Å². The summed E-state index contributed by atoms with van der Waals surface area (Å²) in [4.78, 5) is 40.1. The molecule has 0 aromatic heterocycles. The summed E-state index contributed by atoms with van der Waals surface area (Å²) in [5.41, 5.74) is 3.80. The van der Waals surface area contributed by atoms with Crippen LogP contribution in [0.3, 0.4) is 0 Å². The fraction of sp³-hybridized carbons (Fsp3) is 0.409. The monoisotopic (exact) mass is 492 g/mol. The van der Waals surface area contributed by atoms with Crippen LogP contribution in [0.2, 0.25) is 0 Å². The minimum absolute atomic E-state index is 0.0656. The molecule has 2 aliphatic rings. The Kier molecular flexibility index (Phi) is 5.69.